The molecule has 4 N–H and O–H groups in total. The number of benzene rings is 8. The fraction of sp³-hybridized carbons (Fsp3) is 0.115. The summed E-state index contributed by atoms with van der Waals surface area (Å²) in [4.78, 5) is 25.1. The Labute approximate surface area is 481 Å². The van der Waals surface area contributed by atoms with Gasteiger partial charge < -0.3 is 34.9 Å². The summed E-state index contributed by atoms with van der Waals surface area (Å²) >= 11 is 12.4. The van der Waals surface area contributed by atoms with Crippen molar-refractivity contribution in [2.45, 2.75) is 36.5 Å². The van der Waals surface area contributed by atoms with E-state index in [4.69, 9.17) is 32.7 Å². The molecule has 0 radical (unpaired) electrons. The number of carbonyl (C=O) groups excluding carboxylic acids is 2. The van der Waals surface area contributed by atoms with Crippen molar-refractivity contribution in [3.05, 3.63) is 166 Å². The molecule has 0 bridgehead atoms. The minimum Gasteiger partial charge on any atom is -0.870 e. The number of phenols is 1. The van der Waals surface area contributed by atoms with Crippen molar-refractivity contribution in [3.8, 4) is 23.0 Å². The van der Waals surface area contributed by atoms with Crippen molar-refractivity contribution in [2.75, 3.05) is 24.9 Å². The molecule has 0 aliphatic carbocycles. The number of nitrogens with one attached hydrogen (secondary N) is 2. The molecule has 0 aromatic heterocycles. The van der Waals surface area contributed by atoms with Crippen LogP contribution in [0.4, 0.5) is 34.1 Å². The van der Waals surface area contributed by atoms with Gasteiger partial charge in [-0.25, -0.2) is 8.42 Å². The summed E-state index contributed by atoms with van der Waals surface area (Å²) in [6.07, 6.45) is 0.555. The van der Waals surface area contributed by atoms with Gasteiger partial charge in [0.15, 0.2) is 5.75 Å². The van der Waals surface area contributed by atoms with E-state index in [0.29, 0.717) is 56.4 Å². The maximum absolute atomic E-state index is 13.4. The number of hydrogen-bond acceptors (Lipinski definition) is 15. The zero-order valence-corrected chi connectivity index (χ0v) is 47.7. The molecule has 380 valence electrons. The van der Waals surface area contributed by atoms with E-state index in [1.54, 1.807) is 117 Å². The smallest absolute Gasteiger partial charge is 0.870 e. The zero-order valence-electron chi connectivity index (χ0n) is 40.2. The summed E-state index contributed by atoms with van der Waals surface area (Å²) in [5, 5.41) is 48.4. The van der Waals surface area contributed by atoms with Crippen LogP contribution in [0.3, 0.4) is 0 Å². The molecule has 0 heterocycles. The molecule has 23 heteroatoms. The van der Waals surface area contributed by atoms with Gasteiger partial charge >= 0.3 is 48.9 Å². The van der Waals surface area contributed by atoms with Crippen LogP contribution in [-0.4, -0.2) is 106 Å². The Bertz CT molecular complexity index is 3530. The van der Waals surface area contributed by atoms with Crippen LogP contribution in [0.2, 0.25) is 10.0 Å². The second kappa shape index (κ2) is 25.0. The zero-order chi connectivity index (χ0) is 53.5. The van der Waals surface area contributed by atoms with Crippen molar-refractivity contribution in [3.63, 3.8) is 0 Å². The Morgan fingerprint density at radius 1 is 0.600 bits per heavy atom. The minimum absolute atomic E-state index is 0. The first kappa shape index (κ1) is 57.9. The molecule has 0 unspecified atom stereocenters. The average molecular weight is 1220 g/mol. The topological polar surface area (TPSA) is 281 Å². The van der Waals surface area contributed by atoms with Gasteiger partial charge in [-0.2, -0.15) is 23.8 Å². The quantitative estimate of drug-likeness (QED) is 0.0449. The number of phenolic OH excluding ortho intramolecular Hbond substituents is 1. The number of methoxy groups -OCH3 is 2. The van der Waals surface area contributed by atoms with Crippen LogP contribution in [0.25, 0.3) is 21.5 Å². The standard InChI is InChI=1S/2C26H22ClN3O6S.Ba/c2*1-3-18-21(12-13-22(23(18)27)37(33,34)35)29-30-24-19-7-5-4-6-15(19)14-20(25(24)31)26(32)28-16-8-10-17(36-2)11-9-16;/h2*4-14,31H,3H2,1-2H3,(H,28,32)(H,33,34,35);/q;;+2/p-2. The fourth-order valence-corrected chi connectivity index (χ4v) is 9.88. The van der Waals surface area contributed by atoms with Crippen molar-refractivity contribution < 1.29 is 55.2 Å². The maximum atomic E-state index is 13.4. The summed E-state index contributed by atoms with van der Waals surface area (Å²) in [7, 11) is -6.25. The van der Waals surface area contributed by atoms with E-state index in [-0.39, 0.29) is 111 Å². The molecule has 75 heavy (non-hydrogen) atoms. The maximum Gasteiger partial charge on any atom is 2.00 e. The number of rotatable bonds is 14. The third kappa shape index (κ3) is 13.3. The van der Waals surface area contributed by atoms with E-state index < -0.39 is 47.6 Å². The van der Waals surface area contributed by atoms with Crippen LogP contribution < -0.4 is 25.2 Å². The van der Waals surface area contributed by atoms with E-state index >= 15 is 0 Å². The van der Waals surface area contributed by atoms with E-state index in [1.165, 1.54) is 32.4 Å². The fourth-order valence-electron chi connectivity index (χ4n) is 7.55. The van der Waals surface area contributed by atoms with Crippen molar-refractivity contribution in [2.24, 2.45) is 20.5 Å². The van der Waals surface area contributed by atoms with Gasteiger partial charge in [-0.15, -0.1) is 5.11 Å². The van der Waals surface area contributed by atoms with Gasteiger partial charge in [0.05, 0.1) is 51.8 Å². The molecule has 0 aliphatic heterocycles. The Hall–Kier alpha value is -6.41. The van der Waals surface area contributed by atoms with E-state index in [1.807, 2.05) is 0 Å². The number of fused-ring (bicyclic) bond motifs is 2. The Morgan fingerprint density at radius 2 is 1.01 bits per heavy atom. The predicted octanol–water partition coefficient (Wildman–Crippen LogP) is 12.0. The molecule has 8 aromatic rings. The van der Waals surface area contributed by atoms with E-state index in [9.17, 15) is 45.7 Å². The summed E-state index contributed by atoms with van der Waals surface area (Å²) in [6.45, 7) is 3.45. The molecule has 18 nitrogen and oxygen atoms in total. The molecule has 0 fully saturated rings. The molecular formula is C52H42BaCl2N6O12S2. The third-order valence-corrected chi connectivity index (χ3v) is 14.2. The van der Waals surface area contributed by atoms with Crippen LogP contribution in [0.1, 0.15) is 45.7 Å². The van der Waals surface area contributed by atoms with Gasteiger partial charge in [0.2, 0.25) is 0 Å². The van der Waals surface area contributed by atoms with Crippen molar-refractivity contribution in [1.29, 1.82) is 0 Å². The molecule has 8 aromatic carbocycles. The molecule has 0 saturated carbocycles. The first-order valence-corrected chi connectivity index (χ1v) is 25.7. The first-order chi connectivity index (χ1) is 35.3. The number of hydrogen-bond donors (Lipinski definition) is 4. The van der Waals surface area contributed by atoms with Crippen LogP contribution in [-0.2, 0) is 33.1 Å². The number of aromatic hydroxyl groups is 1. The van der Waals surface area contributed by atoms with Gasteiger partial charge in [-0.1, -0.05) is 91.3 Å². The van der Waals surface area contributed by atoms with Crippen LogP contribution in [0.5, 0.6) is 23.0 Å². The average Bonchev–Trinajstić information content (AvgIpc) is 3.37. The molecule has 0 saturated heterocycles. The molecular weight excluding hydrogens is 1170 g/mol. The number of azo groups is 2. The Kier molecular flexibility index (Phi) is 19.3. The summed E-state index contributed by atoms with van der Waals surface area (Å²) in [5.41, 5.74) is 1.87. The van der Waals surface area contributed by atoms with Gasteiger partial charge in [-0.3, -0.25) is 14.1 Å². The largest absolute Gasteiger partial charge is 2.00 e. The summed E-state index contributed by atoms with van der Waals surface area (Å²) in [6, 6.07) is 35.2. The third-order valence-electron chi connectivity index (χ3n) is 11.3. The predicted molar refractivity (Wildman–Crippen MR) is 284 cm³/mol. The van der Waals surface area contributed by atoms with Crippen molar-refractivity contribution >= 4 is 160 Å². The monoisotopic (exact) mass is 1210 g/mol. The Balaban J connectivity index is 0.000000241. The number of carbonyl (C=O) groups is 2. The SMILES string of the molecule is CCc1c(N=Nc2c(O)c(C(=O)Nc3ccc(OC)cc3)cc3ccccc23)ccc(S(=O)(=O)O)c1Cl.CCc1c(N=Nc2c([O-])c(C(=O)Nc3ccc(OC)cc3)cc3ccccc23)ccc(S(=O)(=O)[O-])c1Cl.[Ba+2]. The Morgan fingerprint density at radius 3 is 1.47 bits per heavy atom. The van der Waals surface area contributed by atoms with Gasteiger partial charge in [-0.05, 0) is 120 Å². The second-order valence-electron chi connectivity index (χ2n) is 15.8. The second-order valence-corrected chi connectivity index (χ2v) is 19.3. The van der Waals surface area contributed by atoms with Crippen LogP contribution in [0, 0.1) is 0 Å². The number of halogens is 2. The number of anilines is 2. The van der Waals surface area contributed by atoms with Gasteiger partial charge in [0.25, 0.3) is 21.9 Å². The van der Waals surface area contributed by atoms with Gasteiger partial charge in [0, 0.05) is 27.7 Å². The van der Waals surface area contributed by atoms with Crippen LogP contribution in [0.15, 0.2) is 164 Å². The minimum atomic E-state index is -4.79. The first-order valence-electron chi connectivity index (χ1n) is 22.1. The van der Waals surface area contributed by atoms with Crippen molar-refractivity contribution in [1.82, 2.24) is 0 Å². The van der Waals surface area contributed by atoms with Crippen LogP contribution >= 0.6 is 23.2 Å². The molecule has 0 spiro atoms. The number of amides is 2. The summed E-state index contributed by atoms with van der Waals surface area (Å²) < 4.78 is 77.3. The molecule has 8 rings (SSSR count). The molecule has 0 atom stereocenters. The number of ether oxygens (including phenoxy) is 2. The normalized spacial score (nSPS) is 11.5. The number of nitrogens with zero attached hydrogens (tertiary/aromatic N) is 4. The van der Waals surface area contributed by atoms with E-state index in [2.05, 4.69) is 31.1 Å². The molecule has 2 amide bonds. The van der Waals surface area contributed by atoms with E-state index in [0.717, 1.165) is 12.1 Å². The van der Waals surface area contributed by atoms with Gasteiger partial charge in [0.1, 0.15) is 32.2 Å². The summed E-state index contributed by atoms with van der Waals surface area (Å²) in [5.74, 6) is -0.961. The molecule has 0 aliphatic rings.